The number of carboxylic acid groups (broad SMARTS) is 1. The van der Waals surface area contributed by atoms with Gasteiger partial charge in [0.2, 0.25) is 0 Å². The van der Waals surface area contributed by atoms with Gasteiger partial charge >= 0.3 is 5.97 Å². The molecule has 4 heteroatoms. The highest BCUT2D eigenvalue weighted by atomic mass is 16.5. The lowest BCUT2D eigenvalue weighted by atomic mass is 9.97. The number of hydrogen-bond donors (Lipinski definition) is 2. The van der Waals surface area contributed by atoms with Crippen molar-refractivity contribution in [2.45, 2.75) is 33.4 Å². The molecular formula is C21H27NO3. The van der Waals surface area contributed by atoms with E-state index in [1.807, 2.05) is 68.4 Å². The predicted octanol–water partition coefficient (Wildman–Crippen LogP) is 4.10. The Kier molecular flexibility index (Phi) is 7.48. The predicted molar refractivity (Wildman–Crippen MR) is 99.5 cm³/mol. The molecule has 134 valence electrons. The highest BCUT2D eigenvalue weighted by Gasteiger charge is 2.18. The highest BCUT2D eigenvalue weighted by molar-refractivity contribution is 5.70. The van der Waals surface area contributed by atoms with Gasteiger partial charge in [0.15, 0.2) is 0 Å². The molecule has 0 aromatic heterocycles. The molecule has 0 bridgehead atoms. The zero-order valence-corrected chi connectivity index (χ0v) is 14.9. The number of benzene rings is 2. The van der Waals surface area contributed by atoms with E-state index in [1.54, 1.807) is 0 Å². The largest absolute Gasteiger partial charge is 0.489 e. The molecule has 0 radical (unpaired) electrons. The van der Waals surface area contributed by atoms with Crippen LogP contribution in [0.4, 0.5) is 0 Å². The van der Waals surface area contributed by atoms with Gasteiger partial charge in [0, 0.05) is 13.1 Å². The molecule has 0 aliphatic carbocycles. The van der Waals surface area contributed by atoms with Crippen molar-refractivity contribution < 1.29 is 14.6 Å². The van der Waals surface area contributed by atoms with Crippen molar-refractivity contribution in [3.8, 4) is 5.75 Å². The van der Waals surface area contributed by atoms with Crippen LogP contribution in [0.15, 0.2) is 54.6 Å². The molecule has 2 N–H and O–H groups in total. The summed E-state index contributed by atoms with van der Waals surface area (Å²) in [5.74, 6) is 0.138. The Morgan fingerprint density at radius 2 is 1.72 bits per heavy atom. The molecule has 0 aliphatic heterocycles. The number of nitrogens with one attached hydrogen (secondary N) is 1. The SMILES string of the molecule is CC(C)CC(CNCc1ccc(OCc2ccccc2)cc1)C(=O)O. The number of rotatable bonds is 10. The first-order valence-corrected chi connectivity index (χ1v) is 8.73. The fourth-order valence-electron chi connectivity index (χ4n) is 2.68. The van der Waals surface area contributed by atoms with Gasteiger partial charge in [0.05, 0.1) is 5.92 Å². The summed E-state index contributed by atoms with van der Waals surface area (Å²) in [7, 11) is 0. The molecule has 1 atom stereocenters. The van der Waals surface area contributed by atoms with E-state index in [1.165, 1.54) is 0 Å². The van der Waals surface area contributed by atoms with E-state index >= 15 is 0 Å². The summed E-state index contributed by atoms with van der Waals surface area (Å²) in [6.45, 7) is 5.78. The number of carboxylic acids is 1. The molecule has 0 saturated carbocycles. The fourth-order valence-corrected chi connectivity index (χ4v) is 2.68. The molecule has 2 aromatic carbocycles. The van der Waals surface area contributed by atoms with Crippen LogP contribution in [0.2, 0.25) is 0 Å². The minimum absolute atomic E-state index is 0.339. The van der Waals surface area contributed by atoms with Crippen molar-refractivity contribution in [1.82, 2.24) is 5.32 Å². The zero-order valence-electron chi connectivity index (χ0n) is 14.9. The third kappa shape index (κ3) is 6.98. The summed E-state index contributed by atoms with van der Waals surface area (Å²) in [5, 5.41) is 12.5. The van der Waals surface area contributed by atoms with Crippen LogP contribution in [0.25, 0.3) is 0 Å². The average Bonchev–Trinajstić information content (AvgIpc) is 2.60. The molecule has 0 fully saturated rings. The fraction of sp³-hybridized carbons (Fsp3) is 0.381. The molecule has 0 heterocycles. The van der Waals surface area contributed by atoms with E-state index in [-0.39, 0.29) is 5.92 Å². The Morgan fingerprint density at radius 3 is 2.32 bits per heavy atom. The maximum atomic E-state index is 11.3. The first-order valence-electron chi connectivity index (χ1n) is 8.73. The van der Waals surface area contributed by atoms with Gasteiger partial charge in [0.1, 0.15) is 12.4 Å². The summed E-state index contributed by atoms with van der Waals surface area (Å²) in [6.07, 6.45) is 0.689. The van der Waals surface area contributed by atoms with Crippen LogP contribution in [0, 0.1) is 11.8 Å². The summed E-state index contributed by atoms with van der Waals surface area (Å²) in [5.41, 5.74) is 2.25. The van der Waals surface area contributed by atoms with Crippen LogP contribution in [0.1, 0.15) is 31.4 Å². The summed E-state index contributed by atoms with van der Waals surface area (Å²) >= 11 is 0. The van der Waals surface area contributed by atoms with Gasteiger partial charge in [-0.1, -0.05) is 56.3 Å². The minimum atomic E-state index is -0.731. The van der Waals surface area contributed by atoms with Crippen molar-refractivity contribution in [2.75, 3.05) is 6.54 Å². The van der Waals surface area contributed by atoms with Crippen molar-refractivity contribution in [2.24, 2.45) is 11.8 Å². The average molecular weight is 341 g/mol. The molecular weight excluding hydrogens is 314 g/mol. The Morgan fingerprint density at radius 1 is 1.04 bits per heavy atom. The second-order valence-electron chi connectivity index (χ2n) is 6.71. The van der Waals surface area contributed by atoms with Crippen LogP contribution in [-0.2, 0) is 17.9 Å². The van der Waals surface area contributed by atoms with Crippen molar-refractivity contribution in [3.63, 3.8) is 0 Å². The lowest BCUT2D eigenvalue weighted by Gasteiger charge is -2.15. The van der Waals surface area contributed by atoms with E-state index in [0.29, 0.717) is 32.0 Å². The van der Waals surface area contributed by atoms with Gasteiger partial charge in [-0.3, -0.25) is 4.79 Å². The third-order valence-electron chi connectivity index (χ3n) is 4.00. The molecule has 2 rings (SSSR count). The topological polar surface area (TPSA) is 58.6 Å². The second kappa shape index (κ2) is 9.84. The van der Waals surface area contributed by atoms with E-state index in [2.05, 4.69) is 5.32 Å². The molecule has 2 aromatic rings. The van der Waals surface area contributed by atoms with Crippen molar-refractivity contribution >= 4 is 5.97 Å². The quantitative estimate of drug-likeness (QED) is 0.683. The van der Waals surface area contributed by atoms with Gasteiger partial charge < -0.3 is 15.2 Å². The van der Waals surface area contributed by atoms with Gasteiger partial charge in [-0.05, 0) is 35.6 Å². The van der Waals surface area contributed by atoms with Crippen LogP contribution >= 0.6 is 0 Å². The van der Waals surface area contributed by atoms with E-state index < -0.39 is 5.97 Å². The standard InChI is InChI=1S/C21H27NO3/c1-16(2)12-19(21(23)24)14-22-13-17-8-10-20(11-9-17)25-15-18-6-4-3-5-7-18/h3-11,16,19,22H,12-15H2,1-2H3,(H,23,24). The third-order valence-corrected chi connectivity index (χ3v) is 4.00. The number of carbonyl (C=O) groups is 1. The molecule has 1 unspecified atom stereocenters. The normalized spacial score (nSPS) is 12.1. The van der Waals surface area contributed by atoms with E-state index in [4.69, 9.17) is 4.74 Å². The number of aliphatic carboxylic acids is 1. The molecule has 0 aliphatic rings. The molecule has 25 heavy (non-hydrogen) atoms. The van der Waals surface area contributed by atoms with E-state index in [9.17, 15) is 9.90 Å². The molecule has 0 amide bonds. The van der Waals surface area contributed by atoms with Crippen LogP contribution in [-0.4, -0.2) is 17.6 Å². The van der Waals surface area contributed by atoms with Gasteiger partial charge in [-0.15, -0.1) is 0 Å². The van der Waals surface area contributed by atoms with Crippen LogP contribution < -0.4 is 10.1 Å². The molecule has 0 saturated heterocycles. The van der Waals surface area contributed by atoms with E-state index in [0.717, 1.165) is 16.9 Å². The molecule has 4 nitrogen and oxygen atoms in total. The monoisotopic (exact) mass is 341 g/mol. The highest BCUT2D eigenvalue weighted by Crippen LogP contribution is 2.15. The minimum Gasteiger partial charge on any atom is -0.489 e. The van der Waals surface area contributed by atoms with Gasteiger partial charge in [-0.2, -0.15) is 0 Å². The lowest BCUT2D eigenvalue weighted by molar-refractivity contribution is -0.142. The Bertz CT molecular complexity index is 638. The summed E-state index contributed by atoms with van der Waals surface area (Å²) in [6, 6.07) is 18.0. The smallest absolute Gasteiger partial charge is 0.307 e. The van der Waals surface area contributed by atoms with Crippen molar-refractivity contribution in [1.29, 1.82) is 0 Å². The summed E-state index contributed by atoms with van der Waals surface area (Å²) < 4.78 is 5.77. The Hall–Kier alpha value is -2.33. The summed E-state index contributed by atoms with van der Waals surface area (Å²) in [4.78, 5) is 11.3. The van der Waals surface area contributed by atoms with Crippen LogP contribution in [0.5, 0.6) is 5.75 Å². The van der Waals surface area contributed by atoms with Crippen LogP contribution in [0.3, 0.4) is 0 Å². The van der Waals surface area contributed by atoms with Gasteiger partial charge in [-0.25, -0.2) is 0 Å². The lowest BCUT2D eigenvalue weighted by Crippen LogP contribution is -2.29. The maximum absolute atomic E-state index is 11.3. The maximum Gasteiger partial charge on any atom is 0.307 e. The van der Waals surface area contributed by atoms with Gasteiger partial charge in [0.25, 0.3) is 0 Å². The first-order chi connectivity index (χ1) is 12.0. The number of ether oxygens (including phenoxy) is 1. The zero-order chi connectivity index (χ0) is 18.1. The second-order valence-corrected chi connectivity index (χ2v) is 6.71. The van der Waals surface area contributed by atoms with Crippen molar-refractivity contribution in [3.05, 3.63) is 65.7 Å². The first kappa shape index (κ1) is 19.0. The Balaban J connectivity index is 1.77. The molecule has 0 spiro atoms. The number of hydrogen-bond acceptors (Lipinski definition) is 3. The Labute approximate surface area is 149 Å².